The van der Waals surface area contributed by atoms with Crippen molar-refractivity contribution in [1.82, 2.24) is 9.88 Å². The Labute approximate surface area is 108 Å². The standard InChI is InChI=1S/C15H20N2O/c1-10(2)17(11(3)4)15(18)13-5-6-14-12(9-13)7-8-16-14/h5-11,16H,1-4H3. The number of aromatic nitrogens is 1. The zero-order chi connectivity index (χ0) is 13.3. The first-order valence-corrected chi connectivity index (χ1v) is 6.40. The van der Waals surface area contributed by atoms with Crippen molar-refractivity contribution in [2.24, 2.45) is 0 Å². The first-order chi connectivity index (χ1) is 8.50. The first-order valence-electron chi connectivity index (χ1n) is 6.40. The molecule has 1 N–H and O–H groups in total. The fourth-order valence-corrected chi connectivity index (χ4v) is 2.40. The minimum Gasteiger partial charge on any atom is -0.361 e. The van der Waals surface area contributed by atoms with Crippen molar-refractivity contribution in [2.75, 3.05) is 0 Å². The number of carbonyl (C=O) groups excluding carboxylic acids is 1. The molecule has 0 bridgehead atoms. The van der Waals surface area contributed by atoms with E-state index in [4.69, 9.17) is 0 Å². The predicted molar refractivity (Wildman–Crippen MR) is 74.7 cm³/mol. The van der Waals surface area contributed by atoms with E-state index in [-0.39, 0.29) is 18.0 Å². The summed E-state index contributed by atoms with van der Waals surface area (Å²) in [5.74, 6) is 0.100. The molecule has 0 aliphatic carbocycles. The molecule has 1 amide bonds. The molecule has 0 aliphatic rings. The summed E-state index contributed by atoms with van der Waals surface area (Å²) in [7, 11) is 0. The van der Waals surface area contributed by atoms with Gasteiger partial charge in [0.15, 0.2) is 0 Å². The molecule has 18 heavy (non-hydrogen) atoms. The van der Waals surface area contributed by atoms with Crippen LogP contribution in [0.2, 0.25) is 0 Å². The van der Waals surface area contributed by atoms with Crippen molar-refractivity contribution in [3.8, 4) is 0 Å². The molecule has 0 saturated carbocycles. The highest BCUT2D eigenvalue weighted by Gasteiger charge is 2.21. The summed E-state index contributed by atoms with van der Waals surface area (Å²) in [5, 5.41) is 1.08. The van der Waals surface area contributed by atoms with E-state index < -0.39 is 0 Å². The number of nitrogens with one attached hydrogen (secondary N) is 1. The summed E-state index contributed by atoms with van der Waals surface area (Å²) in [4.78, 5) is 17.6. The van der Waals surface area contributed by atoms with Gasteiger partial charge >= 0.3 is 0 Å². The van der Waals surface area contributed by atoms with Crippen molar-refractivity contribution >= 4 is 16.8 Å². The number of hydrogen-bond donors (Lipinski definition) is 1. The number of H-pyrrole nitrogens is 1. The van der Waals surface area contributed by atoms with Crippen LogP contribution in [0, 0.1) is 0 Å². The second-order valence-electron chi connectivity index (χ2n) is 5.18. The number of fused-ring (bicyclic) bond motifs is 1. The molecule has 96 valence electrons. The van der Waals surface area contributed by atoms with Gasteiger partial charge in [-0.05, 0) is 52.0 Å². The number of amides is 1. The number of nitrogens with zero attached hydrogens (tertiary/aromatic N) is 1. The number of hydrogen-bond acceptors (Lipinski definition) is 1. The molecule has 3 heteroatoms. The number of rotatable bonds is 3. The molecule has 1 heterocycles. The van der Waals surface area contributed by atoms with Crippen molar-refractivity contribution in [3.63, 3.8) is 0 Å². The van der Waals surface area contributed by atoms with Gasteiger partial charge in [0, 0.05) is 34.7 Å². The van der Waals surface area contributed by atoms with Gasteiger partial charge in [0.25, 0.3) is 5.91 Å². The average Bonchev–Trinajstić information content (AvgIpc) is 2.74. The Morgan fingerprint density at radius 3 is 2.39 bits per heavy atom. The molecule has 0 atom stereocenters. The van der Waals surface area contributed by atoms with Crippen LogP contribution in [-0.4, -0.2) is 27.9 Å². The van der Waals surface area contributed by atoms with Gasteiger partial charge in [0.2, 0.25) is 0 Å². The molecule has 0 fully saturated rings. The zero-order valence-corrected chi connectivity index (χ0v) is 11.4. The Morgan fingerprint density at radius 2 is 1.78 bits per heavy atom. The normalized spacial score (nSPS) is 11.4. The Morgan fingerprint density at radius 1 is 1.11 bits per heavy atom. The summed E-state index contributed by atoms with van der Waals surface area (Å²) in [6.45, 7) is 8.19. The van der Waals surface area contributed by atoms with Crippen molar-refractivity contribution in [1.29, 1.82) is 0 Å². The maximum absolute atomic E-state index is 12.5. The molecule has 0 aliphatic heterocycles. The maximum Gasteiger partial charge on any atom is 0.254 e. The van der Waals surface area contributed by atoms with Crippen LogP contribution in [-0.2, 0) is 0 Å². The van der Waals surface area contributed by atoms with Gasteiger partial charge in [-0.2, -0.15) is 0 Å². The molecule has 0 saturated heterocycles. The Kier molecular flexibility index (Phi) is 3.41. The SMILES string of the molecule is CC(C)N(C(=O)c1ccc2[nH]ccc2c1)C(C)C. The molecule has 0 radical (unpaired) electrons. The Balaban J connectivity index is 2.37. The molecule has 0 spiro atoms. The molecular formula is C15H20N2O. The van der Waals surface area contributed by atoms with E-state index in [9.17, 15) is 4.79 Å². The molecule has 1 aromatic heterocycles. The minimum absolute atomic E-state index is 0.100. The van der Waals surface area contributed by atoms with Crippen molar-refractivity contribution < 1.29 is 4.79 Å². The predicted octanol–water partition coefficient (Wildman–Crippen LogP) is 3.43. The fourth-order valence-electron chi connectivity index (χ4n) is 2.40. The molecule has 2 aromatic rings. The molecule has 1 aromatic carbocycles. The van der Waals surface area contributed by atoms with Crippen molar-refractivity contribution in [2.45, 2.75) is 39.8 Å². The largest absolute Gasteiger partial charge is 0.361 e. The number of carbonyl (C=O) groups is 1. The van der Waals surface area contributed by atoms with Gasteiger partial charge < -0.3 is 9.88 Å². The van der Waals surface area contributed by atoms with Crippen LogP contribution >= 0.6 is 0 Å². The lowest BCUT2D eigenvalue weighted by Crippen LogP contribution is -2.42. The summed E-state index contributed by atoms with van der Waals surface area (Å²) in [5.41, 5.74) is 1.82. The maximum atomic E-state index is 12.5. The third-order valence-electron chi connectivity index (χ3n) is 3.15. The second-order valence-corrected chi connectivity index (χ2v) is 5.18. The Bertz CT molecular complexity index is 546. The molecule has 2 rings (SSSR count). The lowest BCUT2D eigenvalue weighted by molar-refractivity contribution is 0.0644. The van der Waals surface area contributed by atoms with E-state index in [0.717, 1.165) is 16.5 Å². The van der Waals surface area contributed by atoms with Gasteiger partial charge in [0.1, 0.15) is 0 Å². The van der Waals surface area contributed by atoms with Gasteiger partial charge in [-0.15, -0.1) is 0 Å². The highest BCUT2D eigenvalue weighted by Crippen LogP contribution is 2.18. The Hall–Kier alpha value is -1.77. The molecule has 3 nitrogen and oxygen atoms in total. The summed E-state index contributed by atoms with van der Waals surface area (Å²) >= 11 is 0. The van der Waals surface area contributed by atoms with E-state index in [1.807, 2.05) is 63.1 Å². The third-order valence-corrected chi connectivity index (χ3v) is 3.15. The van der Waals surface area contributed by atoms with E-state index in [2.05, 4.69) is 4.98 Å². The van der Waals surface area contributed by atoms with E-state index in [0.29, 0.717) is 0 Å². The molecular weight excluding hydrogens is 224 g/mol. The van der Waals surface area contributed by atoms with E-state index in [1.54, 1.807) is 0 Å². The van der Waals surface area contributed by atoms with Crippen LogP contribution in [0.4, 0.5) is 0 Å². The molecule has 0 unspecified atom stereocenters. The minimum atomic E-state index is 0.100. The van der Waals surface area contributed by atoms with Crippen LogP contribution in [0.1, 0.15) is 38.1 Å². The second kappa shape index (κ2) is 4.84. The first kappa shape index (κ1) is 12.7. The summed E-state index contributed by atoms with van der Waals surface area (Å²) < 4.78 is 0. The topological polar surface area (TPSA) is 36.1 Å². The van der Waals surface area contributed by atoms with Gasteiger partial charge in [-0.1, -0.05) is 0 Å². The summed E-state index contributed by atoms with van der Waals surface area (Å²) in [6.07, 6.45) is 1.89. The highest BCUT2D eigenvalue weighted by molar-refractivity contribution is 5.98. The quantitative estimate of drug-likeness (QED) is 0.882. The van der Waals surface area contributed by atoms with Gasteiger partial charge in [-0.3, -0.25) is 4.79 Å². The number of benzene rings is 1. The highest BCUT2D eigenvalue weighted by atomic mass is 16.2. The fraction of sp³-hybridized carbons (Fsp3) is 0.400. The van der Waals surface area contributed by atoms with Gasteiger partial charge in [-0.25, -0.2) is 0 Å². The van der Waals surface area contributed by atoms with E-state index >= 15 is 0 Å². The van der Waals surface area contributed by atoms with Crippen LogP contribution in [0.15, 0.2) is 30.5 Å². The lowest BCUT2D eigenvalue weighted by atomic mass is 10.1. The third kappa shape index (κ3) is 2.26. The van der Waals surface area contributed by atoms with Crippen LogP contribution in [0.3, 0.4) is 0 Å². The monoisotopic (exact) mass is 244 g/mol. The van der Waals surface area contributed by atoms with Crippen LogP contribution in [0.5, 0.6) is 0 Å². The number of aromatic amines is 1. The van der Waals surface area contributed by atoms with E-state index in [1.165, 1.54) is 0 Å². The zero-order valence-electron chi connectivity index (χ0n) is 11.4. The average molecular weight is 244 g/mol. The smallest absolute Gasteiger partial charge is 0.254 e. The summed E-state index contributed by atoms with van der Waals surface area (Å²) in [6, 6.07) is 8.20. The lowest BCUT2D eigenvalue weighted by Gasteiger charge is -2.30. The van der Waals surface area contributed by atoms with Gasteiger partial charge in [0.05, 0.1) is 0 Å². The van der Waals surface area contributed by atoms with Crippen LogP contribution < -0.4 is 0 Å². The van der Waals surface area contributed by atoms with Crippen LogP contribution in [0.25, 0.3) is 10.9 Å². The van der Waals surface area contributed by atoms with Crippen molar-refractivity contribution in [3.05, 3.63) is 36.0 Å².